The van der Waals surface area contributed by atoms with Crippen molar-refractivity contribution in [2.45, 2.75) is 27.2 Å². The van der Waals surface area contributed by atoms with E-state index in [1.54, 1.807) is 0 Å². The average Bonchev–Trinajstić information content (AvgIpc) is 2.69. The number of hydrogen-bond donors (Lipinski definition) is 1. The Balaban J connectivity index is 2.20. The molecule has 1 heterocycles. The lowest BCUT2D eigenvalue weighted by Crippen LogP contribution is -2.23. The van der Waals surface area contributed by atoms with E-state index in [1.807, 2.05) is 24.4 Å². The minimum absolute atomic E-state index is 0.106. The second kappa shape index (κ2) is 5.12. The van der Waals surface area contributed by atoms with Gasteiger partial charge in [0, 0.05) is 29.4 Å². The van der Waals surface area contributed by atoms with Gasteiger partial charge >= 0.3 is 5.97 Å². The molecule has 0 spiro atoms. The molecule has 1 aromatic heterocycles. The van der Waals surface area contributed by atoms with Crippen molar-refractivity contribution in [1.29, 1.82) is 0 Å². The molecule has 0 aliphatic heterocycles. The predicted molar refractivity (Wildman–Crippen MR) is 77.8 cm³/mol. The number of ether oxygens (including phenoxy) is 1. The van der Waals surface area contributed by atoms with E-state index in [0.717, 1.165) is 22.8 Å². The smallest absolute Gasteiger partial charge is 0.302 e. The summed E-state index contributed by atoms with van der Waals surface area (Å²) in [5.74, 6) is -0.240. The van der Waals surface area contributed by atoms with Crippen LogP contribution in [0.25, 0.3) is 10.9 Å². The Bertz CT molecular complexity index is 601. The fourth-order valence-electron chi connectivity index (χ4n) is 2.21. The van der Waals surface area contributed by atoms with Crippen molar-refractivity contribution in [2.75, 3.05) is 6.61 Å². The van der Waals surface area contributed by atoms with E-state index >= 15 is 0 Å². The number of esters is 1. The molecule has 4 heteroatoms. The number of carbonyl (C=O) groups excluding carboxylic acids is 1. The maximum absolute atomic E-state index is 10.9. The first-order valence-electron chi connectivity index (χ1n) is 6.36. The number of aromatic amines is 1. The summed E-state index contributed by atoms with van der Waals surface area (Å²) in [6, 6.07) is 5.84. The number of rotatable bonds is 4. The fraction of sp³-hybridized carbons (Fsp3) is 0.400. The summed E-state index contributed by atoms with van der Waals surface area (Å²) in [6.07, 6.45) is 2.82. The number of fused-ring (bicyclic) bond motifs is 1. The summed E-state index contributed by atoms with van der Waals surface area (Å²) >= 11 is 0. The molecule has 0 bridgehead atoms. The van der Waals surface area contributed by atoms with Gasteiger partial charge in [-0.25, -0.2) is 0 Å². The zero-order chi connectivity index (χ0) is 14.0. The van der Waals surface area contributed by atoms with Gasteiger partial charge in [-0.2, -0.15) is 0 Å². The third-order valence-electron chi connectivity index (χ3n) is 3.13. The number of carbonyl (C=O) groups is 1. The summed E-state index contributed by atoms with van der Waals surface area (Å²) in [5, 5.41) is 1.14. The summed E-state index contributed by atoms with van der Waals surface area (Å²) < 4.78 is 5.12. The molecule has 0 saturated carbocycles. The van der Waals surface area contributed by atoms with Crippen LogP contribution in [0.4, 0.5) is 0 Å². The Labute approximate surface area is 114 Å². The van der Waals surface area contributed by atoms with Crippen LogP contribution in [-0.2, 0) is 16.0 Å². The quantitative estimate of drug-likeness (QED) is 0.671. The molecule has 0 saturated heterocycles. The van der Waals surface area contributed by atoms with Gasteiger partial charge in [0.05, 0.1) is 6.61 Å². The number of H-pyrrole nitrogens is 1. The average molecular weight is 255 g/mol. The van der Waals surface area contributed by atoms with Crippen LogP contribution < -0.4 is 5.46 Å². The standard InChI is InChI=1S/C15H18BNO2/c1-10(18)19-9-15(2,3)7-11-8-17-14-5-4-12(16)6-13(11)14/h4-6,8,17H,7,9H2,1-3H3. The van der Waals surface area contributed by atoms with Gasteiger partial charge in [0.15, 0.2) is 0 Å². The highest BCUT2D eigenvalue weighted by Gasteiger charge is 2.22. The minimum Gasteiger partial charge on any atom is -0.465 e. The van der Waals surface area contributed by atoms with E-state index in [2.05, 4.69) is 18.8 Å². The minimum atomic E-state index is -0.240. The Kier molecular flexibility index (Phi) is 3.69. The van der Waals surface area contributed by atoms with E-state index in [0.29, 0.717) is 6.61 Å². The van der Waals surface area contributed by atoms with Gasteiger partial charge in [-0.05, 0) is 18.1 Å². The van der Waals surface area contributed by atoms with Gasteiger partial charge in [0.2, 0.25) is 0 Å². The second-order valence-electron chi connectivity index (χ2n) is 5.74. The molecule has 0 unspecified atom stereocenters. The normalized spacial score (nSPS) is 11.7. The molecular formula is C15H18BNO2. The highest BCUT2D eigenvalue weighted by atomic mass is 16.5. The lowest BCUT2D eigenvalue weighted by Gasteiger charge is -2.23. The van der Waals surface area contributed by atoms with E-state index < -0.39 is 0 Å². The van der Waals surface area contributed by atoms with Crippen molar-refractivity contribution in [1.82, 2.24) is 4.98 Å². The van der Waals surface area contributed by atoms with Crippen molar-refractivity contribution in [3.8, 4) is 0 Å². The molecule has 0 amide bonds. The summed E-state index contributed by atoms with van der Waals surface area (Å²) in [7, 11) is 5.83. The highest BCUT2D eigenvalue weighted by Crippen LogP contribution is 2.27. The second-order valence-corrected chi connectivity index (χ2v) is 5.74. The van der Waals surface area contributed by atoms with Crippen LogP contribution in [0.5, 0.6) is 0 Å². The number of nitrogens with one attached hydrogen (secondary N) is 1. The summed E-state index contributed by atoms with van der Waals surface area (Å²) in [6.45, 7) is 6.02. The molecule has 2 radical (unpaired) electrons. The molecule has 98 valence electrons. The van der Waals surface area contributed by atoms with Gasteiger partial charge in [-0.15, -0.1) is 0 Å². The van der Waals surface area contributed by atoms with Crippen molar-refractivity contribution in [3.63, 3.8) is 0 Å². The van der Waals surface area contributed by atoms with Gasteiger partial charge < -0.3 is 9.72 Å². The maximum Gasteiger partial charge on any atom is 0.302 e. The molecule has 2 rings (SSSR count). The SMILES string of the molecule is [B]c1ccc2[nH]cc(CC(C)(C)COC(C)=O)c2c1. The monoisotopic (exact) mass is 255 g/mol. The van der Waals surface area contributed by atoms with Gasteiger partial charge in [-0.1, -0.05) is 31.4 Å². The maximum atomic E-state index is 10.9. The first-order valence-corrected chi connectivity index (χ1v) is 6.36. The fourth-order valence-corrected chi connectivity index (χ4v) is 2.21. The molecule has 1 aromatic carbocycles. The molecule has 0 aliphatic carbocycles. The molecule has 0 fully saturated rings. The number of benzene rings is 1. The number of aromatic nitrogens is 1. The van der Waals surface area contributed by atoms with Crippen LogP contribution in [0.15, 0.2) is 24.4 Å². The Morgan fingerprint density at radius 2 is 2.16 bits per heavy atom. The van der Waals surface area contributed by atoms with Crippen LogP contribution in [0, 0.1) is 5.41 Å². The molecule has 2 aromatic rings. The van der Waals surface area contributed by atoms with Crippen LogP contribution in [0.3, 0.4) is 0 Å². The Morgan fingerprint density at radius 3 is 2.84 bits per heavy atom. The topological polar surface area (TPSA) is 42.1 Å². The molecule has 3 nitrogen and oxygen atoms in total. The largest absolute Gasteiger partial charge is 0.465 e. The Morgan fingerprint density at radius 1 is 1.42 bits per heavy atom. The Hall–Kier alpha value is -1.71. The number of hydrogen-bond acceptors (Lipinski definition) is 2. The van der Waals surface area contributed by atoms with Crippen molar-refractivity contribution in [2.24, 2.45) is 5.41 Å². The van der Waals surface area contributed by atoms with Crippen molar-refractivity contribution >= 4 is 30.2 Å². The van der Waals surface area contributed by atoms with Crippen LogP contribution in [0.2, 0.25) is 0 Å². The first-order chi connectivity index (χ1) is 8.87. The van der Waals surface area contributed by atoms with Crippen molar-refractivity contribution in [3.05, 3.63) is 30.0 Å². The third-order valence-corrected chi connectivity index (χ3v) is 3.13. The van der Waals surface area contributed by atoms with E-state index in [1.165, 1.54) is 12.5 Å². The van der Waals surface area contributed by atoms with Gasteiger partial charge in [-0.3, -0.25) is 4.79 Å². The molecular weight excluding hydrogens is 237 g/mol. The molecule has 0 atom stereocenters. The van der Waals surface area contributed by atoms with Crippen LogP contribution >= 0.6 is 0 Å². The zero-order valence-electron chi connectivity index (χ0n) is 11.6. The van der Waals surface area contributed by atoms with Crippen LogP contribution in [-0.4, -0.2) is 25.4 Å². The van der Waals surface area contributed by atoms with E-state index in [4.69, 9.17) is 12.6 Å². The lowest BCUT2D eigenvalue weighted by molar-refractivity contribution is -0.143. The van der Waals surface area contributed by atoms with Gasteiger partial charge in [0.25, 0.3) is 0 Å². The van der Waals surface area contributed by atoms with E-state index in [-0.39, 0.29) is 11.4 Å². The first kappa shape index (κ1) is 13.7. The van der Waals surface area contributed by atoms with Crippen LogP contribution in [0.1, 0.15) is 26.3 Å². The summed E-state index contributed by atoms with van der Waals surface area (Å²) in [4.78, 5) is 14.1. The predicted octanol–water partition coefficient (Wildman–Crippen LogP) is 2.09. The molecule has 0 aliphatic rings. The zero-order valence-corrected chi connectivity index (χ0v) is 11.6. The van der Waals surface area contributed by atoms with Gasteiger partial charge in [0.1, 0.15) is 7.85 Å². The highest BCUT2D eigenvalue weighted by molar-refractivity contribution is 6.33. The molecule has 19 heavy (non-hydrogen) atoms. The van der Waals surface area contributed by atoms with Crippen molar-refractivity contribution < 1.29 is 9.53 Å². The van der Waals surface area contributed by atoms with E-state index in [9.17, 15) is 4.79 Å². The lowest BCUT2D eigenvalue weighted by atomic mass is 9.85. The molecule has 1 N–H and O–H groups in total. The third kappa shape index (κ3) is 3.40. The summed E-state index contributed by atoms with van der Waals surface area (Å²) in [5.41, 5.74) is 2.92.